The number of rotatable bonds is 12. The van der Waals surface area contributed by atoms with Crippen LogP contribution in [-0.4, -0.2) is 78.6 Å². The van der Waals surface area contributed by atoms with Gasteiger partial charge in [0.2, 0.25) is 5.88 Å². The van der Waals surface area contributed by atoms with Crippen molar-refractivity contribution in [2.45, 2.75) is 40.5 Å². The molecular formula is C27H39N7O2. The molecule has 2 N–H and O–H groups in total. The lowest BCUT2D eigenvalue weighted by Gasteiger charge is -2.26. The number of nitrogens with one attached hydrogen (secondary N) is 2. The minimum absolute atomic E-state index is 0.522. The molecule has 1 aliphatic heterocycles. The number of fused-ring (bicyclic) bond motifs is 1. The number of anilines is 2. The second-order valence-electron chi connectivity index (χ2n) is 9.22. The zero-order valence-electron chi connectivity index (χ0n) is 22.0. The number of nitrogens with zero attached hydrogens (tertiary/aromatic N) is 5. The van der Waals surface area contributed by atoms with Gasteiger partial charge in [-0.2, -0.15) is 10.1 Å². The van der Waals surface area contributed by atoms with Crippen molar-refractivity contribution in [2.24, 2.45) is 5.10 Å². The van der Waals surface area contributed by atoms with E-state index in [0.717, 1.165) is 75.8 Å². The molecule has 0 spiro atoms. The van der Waals surface area contributed by atoms with Gasteiger partial charge in [0.25, 0.3) is 0 Å². The molecule has 0 bridgehead atoms. The van der Waals surface area contributed by atoms with Crippen LogP contribution in [0.25, 0.3) is 10.9 Å². The summed E-state index contributed by atoms with van der Waals surface area (Å²) in [6, 6.07) is 8.13. The highest BCUT2D eigenvalue weighted by atomic mass is 16.5. The Labute approximate surface area is 213 Å². The molecule has 1 aliphatic rings. The number of aromatic amines is 1. The van der Waals surface area contributed by atoms with E-state index in [-0.39, 0.29) is 0 Å². The number of benzene rings is 1. The maximum absolute atomic E-state index is 6.08. The van der Waals surface area contributed by atoms with E-state index in [2.05, 4.69) is 70.1 Å². The van der Waals surface area contributed by atoms with Gasteiger partial charge in [-0.3, -0.25) is 10.3 Å². The fourth-order valence-corrected chi connectivity index (χ4v) is 4.40. The fraction of sp³-hybridized carbons (Fsp3) is 0.519. The first-order valence-electron chi connectivity index (χ1n) is 13.0. The molecule has 0 aliphatic carbocycles. The number of aryl methyl sites for hydroxylation is 2. The van der Waals surface area contributed by atoms with E-state index in [1.165, 1.54) is 16.6 Å². The van der Waals surface area contributed by atoms with E-state index >= 15 is 0 Å². The van der Waals surface area contributed by atoms with Crippen LogP contribution in [-0.2, 0) is 4.74 Å². The van der Waals surface area contributed by atoms with Gasteiger partial charge in [0.15, 0.2) is 5.82 Å². The molecule has 1 aromatic carbocycles. The maximum atomic E-state index is 6.08. The summed E-state index contributed by atoms with van der Waals surface area (Å²) in [5.41, 5.74) is 7.60. The van der Waals surface area contributed by atoms with Gasteiger partial charge < -0.3 is 19.4 Å². The lowest BCUT2D eigenvalue weighted by Crippen LogP contribution is -2.38. The number of hydrazone groups is 1. The first kappa shape index (κ1) is 25.9. The Morgan fingerprint density at radius 1 is 1.14 bits per heavy atom. The number of H-pyrrole nitrogens is 1. The van der Waals surface area contributed by atoms with Crippen LogP contribution in [0, 0.1) is 13.8 Å². The van der Waals surface area contributed by atoms with Crippen LogP contribution < -0.4 is 15.1 Å². The molecule has 1 saturated heterocycles. The van der Waals surface area contributed by atoms with Gasteiger partial charge in [0.05, 0.1) is 25.1 Å². The number of ether oxygens (including phenoxy) is 2. The normalized spacial score (nSPS) is 14.6. The van der Waals surface area contributed by atoms with Gasteiger partial charge in [-0.15, -0.1) is 0 Å². The van der Waals surface area contributed by atoms with Gasteiger partial charge in [-0.25, -0.2) is 4.98 Å². The van der Waals surface area contributed by atoms with E-state index in [4.69, 9.17) is 14.5 Å². The maximum Gasteiger partial charge on any atom is 0.219 e. The van der Waals surface area contributed by atoms with Gasteiger partial charge in [-0.1, -0.05) is 13.8 Å². The molecule has 2 aromatic heterocycles. The summed E-state index contributed by atoms with van der Waals surface area (Å²) in [7, 11) is 0. The summed E-state index contributed by atoms with van der Waals surface area (Å²) in [4.78, 5) is 17.4. The fourth-order valence-electron chi connectivity index (χ4n) is 4.40. The van der Waals surface area contributed by atoms with E-state index in [0.29, 0.717) is 18.3 Å². The molecule has 0 saturated carbocycles. The Morgan fingerprint density at radius 3 is 2.67 bits per heavy atom. The lowest BCUT2D eigenvalue weighted by atomic mass is 10.1. The van der Waals surface area contributed by atoms with Crippen LogP contribution in [0.15, 0.2) is 29.4 Å². The van der Waals surface area contributed by atoms with E-state index in [9.17, 15) is 0 Å². The highest BCUT2D eigenvalue weighted by molar-refractivity contribution is 5.87. The standard InChI is InChI=1S/C27H39N7O2/c1-5-9-34(10-6-2)26-18-27(36-16-13-33-11-14-35-15-12-33)31-25(30-26)19-28-32-22-7-8-24-23(17-22)20(3)21(4)29-24/h7-8,17-19,29,32H,5-6,9-16H2,1-4H3/b28-19+. The Hall–Kier alpha value is -3.17. The lowest BCUT2D eigenvalue weighted by molar-refractivity contribution is 0.0320. The quantitative estimate of drug-likeness (QED) is 0.286. The molecule has 0 amide bonds. The van der Waals surface area contributed by atoms with Crippen molar-refractivity contribution in [1.29, 1.82) is 0 Å². The van der Waals surface area contributed by atoms with Gasteiger partial charge in [0, 0.05) is 55.4 Å². The molecule has 0 radical (unpaired) electrons. The van der Waals surface area contributed by atoms with Crippen molar-refractivity contribution in [2.75, 3.05) is 62.9 Å². The second kappa shape index (κ2) is 12.7. The molecule has 36 heavy (non-hydrogen) atoms. The Balaban J connectivity index is 1.49. The third-order valence-corrected chi connectivity index (χ3v) is 6.46. The summed E-state index contributed by atoms with van der Waals surface area (Å²) in [5.74, 6) is 1.97. The summed E-state index contributed by atoms with van der Waals surface area (Å²) in [6.45, 7) is 15.3. The predicted molar refractivity (Wildman–Crippen MR) is 147 cm³/mol. The Bertz CT molecular complexity index is 1150. The van der Waals surface area contributed by atoms with Crippen molar-refractivity contribution >= 4 is 28.6 Å². The van der Waals surface area contributed by atoms with Crippen LogP contribution in [0.5, 0.6) is 5.88 Å². The number of hydrogen-bond acceptors (Lipinski definition) is 8. The zero-order chi connectivity index (χ0) is 25.3. The zero-order valence-corrected chi connectivity index (χ0v) is 22.0. The highest BCUT2D eigenvalue weighted by Crippen LogP contribution is 2.24. The number of morpholine rings is 1. The van der Waals surface area contributed by atoms with Crippen molar-refractivity contribution in [3.05, 3.63) is 41.3 Å². The molecule has 9 nitrogen and oxygen atoms in total. The number of hydrogen-bond donors (Lipinski definition) is 2. The third-order valence-electron chi connectivity index (χ3n) is 6.46. The predicted octanol–water partition coefficient (Wildman–Crippen LogP) is 4.36. The first-order chi connectivity index (χ1) is 17.6. The third kappa shape index (κ3) is 6.73. The molecule has 3 heterocycles. The molecule has 9 heteroatoms. The van der Waals surface area contributed by atoms with E-state index in [1.54, 1.807) is 6.21 Å². The van der Waals surface area contributed by atoms with Crippen molar-refractivity contribution in [3.63, 3.8) is 0 Å². The SMILES string of the molecule is CCCN(CCC)c1cc(OCCN2CCOCC2)nc(/C=N/Nc2ccc3[nH]c(C)c(C)c3c2)n1. The van der Waals surface area contributed by atoms with Crippen LogP contribution in [0.3, 0.4) is 0 Å². The van der Waals surface area contributed by atoms with Crippen LogP contribution in [0.2, 0.25) is 0 Å². The van der Waals surface area contributed by atoms with Gasteiger partial charge >= 0.3 is 0 Å². The Kier molecular flexibility index (Phi) is 9.13. The van der Waals surface area contributed by atoms with Gasteiger partial charge in [0.1, 0.15) is 12.4 Å². The summed E-state index contributed by atoms with van der Waals surface area (Å²) in [6.07, 6.45) is 3.75. The molecule has 194 valence electrons. The molecule has 4 rings (SSSR count). The van der Waals surface area contributed by atoms with Crippen LogP contribution in [0.1, 0.15) is 43.8 Å². The first-order valence-corrected chi connectivity index (χ1v) is 13.0. The van der Waals surface area contributed by atoms with Crippen molar-refractivity contribution < 1.29 is 9.47 Å². The van der Waals surface area contributed by atoms with E-state index in [1.807, 2.05) is 12.1 Å². The monoisotopic (exact) mass is 493 g/mol. The summed E-state index contributed by atoms with van der Waals surface area (Å²) in [5, 5.41) is 5.63. The highest BCUT2D eigenvalue weighted by Gasteiger charge is 2.13. The molecule has 3 aromatic rings. The minimum atomic E-state index is 0.522. The summed E-state index contributed by atoms with van der Waals surface area (Å²) >= 11 is 0. The Morgan fingerprint density at radius 2 is 1.92 bits per heavy atom. The molecule has 1 fully saturated rings. The van der Waals surface area contributed by atoms with Gasteiger partial charge in [-0.05, 0) is 50.5 Å². The molecular weight excluding hydrogens is 454 g/mol. The topological polar surface area (TPSA) is 90.9 Å². The minimum Gasteiger partial charge on any atom is -0.476 e. The molecule has 0 atom stereocenters. The van der Waals surface area contributed by atoms with Crippen LogP contribution >= 0.6 is 0 Å². The summed E-state index contributed by atoms with van der Waals surface area (Å²) < 4.78 is 11.5. The van der Waals surface area contributed by atoms with E-state index < -0.39 is 0 Å². The second-order valence-corrected chi connectivity index (χ2v) is 9.22. The van der Waals surface area contributed by atoms with Crippen molar-refractivity contribution in [3.8, 4) is 5.88 Å². The van der Waals surface area contributed by atoms with Crippen molar-refractivity contribution in [1.82, 2.24) is 19.9 Å². The number of aromatic nitrogens is 3. The van der Waals surface area contributed by atoms with Crippen LogP contribution in [0.4, 0.5) is 11.5 Å². The average molecular weight is 494 g/mol. The molecule has 0 unspecified atom stereocenters. The average Bonchev–Trinajstić information content (AvgIpc) is 3.17. The smallest absolute Gasteiger partial charge is 0.219 e. The largest absolute Gasteiger partial charge is 0.476 e.